The molecule has 21 heavy (non-hydrogen) atoms. The van der Waals surface area contributed by atoms with E-state index in [0.717, 1.165) is 0 Å². The highest BCUT2D eigenvalue weighted by molar-refractivity contribution is 7.89. The van der Waals surface area contributed by atoms with E-state index in [1.165, 1.54) is 29.6 Å². The Morgan fingerprint density at radius 2 is 1.86 bits per heavy atom. The molecule has 1 N–H and O–H groups in total. The van der Waals surface area contributed by atoms with E-state index in [0.29, 0.717) is 31.9 Å². The largest absolute Gasteiger partial charge is 0.497 e. The van der Waals surface area contributed by atoms with Gasteiger partial charge in [-0.25, -0.2) is 13.2 Å². The van der Waals surface area contributed by atoms with E-state index in [9.17, 15) is 18.3 Å². The number of likely N-dealkylation sites (N-methyl/N-ethyl adjacent to an activating group) is 1. The Morgan fingerprint density at radius 1 is 1.24 bits per heavy atom. The molecule has 1 saturated heterocycles. The van der Waals surface area contributed by atoms with Gasteiger partial charge < -0.3 is 14.7 Å². The first-order chi connectivity index (χ1) is 9.86. The molecule has 0 aliphatic carbocycles. The van der Waals surface area contributed by atoms with E-state index in [1.54, 1.807) is 0 Å². The Labute approximate surface area is 123 Å². The number of nitrogens with zero attached hydrogens (tertiary/aromatic N) is 2. The fraction of sp³-hybridized carbons (Fsp3) is 0.462. The number of rotatable bonds is 4. The lowest BCUT2D eigenvalue weighted by atomic mass is 10.2. The zero-order chi connectivity index (χ0) is 15.6. The molecule has 0 atom stereocenters. The van der Waals surface area contributed by atoms with Crippen LogP contribution in [0.2, 0.25) is 0 Å². The molecule has 8 heteroatoms. The summed E-state index contributed by atoms with van der Waals surface area (Å²) in [5.41, 5.74) is -0.241. The Bertz CT molecular complexity index is 636. The lowest BCUT2D eigenvalue weighted by Crippen LogP contribution is -2.47. The molecule has 0 bridgehead atoms. The molecule has 0 spiro atoms. The maximum atomic E-state index is 12.7. The van der Waals surface area contributed by atoms with Crippen molar-refractivity contribution in [3.8, 4) is 5.75 Å². The third-order valence-corrected chi connectivity index (χ3v) is 5.44. The fourth-order valence-corrected chi connectivity index (χ4v) is 3.81. The summed E-state index contributed by atoms with van der Waals surface area (Å²) in [7, 11) is -0.528. The Hall–Kier alpha value is -1.64. The summed E-state index contributed by atoms with van der Waals surface area (Å²) in [5, 5.41) is 9.20. The van der Waals surface area contributed by atoms with Crippen molar-refractivity contribution >= 4 is 16.0 Å². The molecule has 7 nitrogen and oxygen atoms in total. The zero-order valence-electron chi connectivity index (χ0n) is 11.9. The second kappa shape index (κ2) is 6.00. The number of sulfonamides is 1. The molecule has 1 aliphatic heterocycles. The summed E-state index contributed by atoms with van der Waals surface area (Å²) >= 11 is 0. The van der Waals surface area contributed by atoms with Crippen molar-refractivity contribution in [3.63, 3.8) is 0 Å². The smallest absolute Gasteiger partial charge is 0.337 e. The van der Waals surface area contributed by atoms with Gasteiger partial charge in [-0.1, -0.05) is 0 Å². The molecule has 1 heterocycles. The van der Waals surface area contributed by atoms with Crippen LogP contribution in [0, 0.1) is 0 Å². The summed E-state index contributed by atoms with van der Waals surface area (Å²) < 4.78 is 31.7. The zero-order valence-corrected chi connectivity index (χ0v) is 12.8. The van der Waals surface area contributed by atoms with E-state index >= 15 is 0 Å². The van der Waals surface area contributed by atoms with Gasteiger partial charge in [0.05, 0.1) is 12.7 Å². The molecular weight excluding hydrogens is 296 g/mol. The summed E-state index contributed by atoms with van der Waals surface area (Å²) in [4.78, 5) is 13.1. The third-order valence-electron chi connectivity index (χ3n) is 3.50. The van der Waals surface area contributed by atoms with Crippen molar-refractivity contribution in [1.29, 1.82) is 0 Å². The number of carboxylic acid groups (broad SMARTS) is 1. The van der Waals surface area contributed by atoms with E-state index in [1.807, 2.05) is 11.9 Å². The number of methoxy groups -OCH3 is 1. The van der Waals surface area contributed by atoms with Gasteiger partial charge in [-0.15, -0.1) is 0 Å². The average molecular weight is 314 g/mol. The van der Waals surface area contributed by atoms with Gasteiger partial charge in [0, 0.05) is 32.2 Å². The van der Waals surface area contributed by atoms with Gasteiger partial charge in [-0.2, -0.15) is 4.31 Å². The number of hydrogen-bond donors (Lipinski definition) is 1. The number of carboxylic acids is 1. The van der Waals surface area contributed by atoms with Gasteiger partial charge in [0.2, 0.25) is 10.0 Å². The second-order valence-corrected chi connectivity index (χ2v) is 6.78. The molecular formula is C13H18N2O5S. The number of ether oxygens (including phenoxy) is 1. The molecule has 0 unspecified atom stereocenters. The first kappa shape index (κ1) is 15.7. The van der Waals surface area contributed by atoms with Crippen LogP contribution in [0.1, 0.15) is 10.4 Å². The van der Waals surface area contributed by atoms with Crippen LogP contribution in [0.3, 0.4) is 0 Å². The maximum Gasteiger partial charge on any atom is 0.337 e. The van der Waals surface area contributed by atoms with E-state index in [-0.39, 0.29) is 10.5 Å². The molecule has 0 amide bonds. The summed E-state index contributed by atoms with van der Waals surface area (Å²) in [6.45, 7) is 1.92. The number of hydrogen-bond acceptors (Lipinski definition) is 5. The molecule has 0 aromatic heterocycles. The highest BCUT2D eigenvalue weighted by atomic mass is 32.2. The minimum Gasteiger partial charge on any atom is -0.497 e. The minimum atomic E-state index is -3.85. The predicted molar refractivity (Wildman–Crippen MR) is 76.2 cm³/mol. The van der Waals surface area contributed by atoms with Gasteiger partial charge in [0.1, 0.15) is 10.6 Å². The minimum absolute atomic E-state index is 0.223. The van der Waals surface area contributed by atoms with E-state index in [4.69, 9.17) is 4.74 Å². The lowest BCUT2D eigenvalue weighted by Gasteiger charge is -2.31. The third kappa shape index (κ3) is 3.17. The molecule has 0 radical (unpaired) electrons. The number of carbonyl (C=O) groups is 1. The van der Waals surface area contributed by atoms with Gasteiger partial charge >= 0.3 is 5.97 Å². The quantitative estimate of drug-likeness (QED) is 0.862. The van der Waals surface area contributed by atoms with Crippen LogP contribution >= 0.6 is 0 Å². The van der Waals surface area contributed by atoms with Crippen molar-refractivity contribution in [1.82, 2.24) is 9.21 Å². The molecule has 1 fully saturated rings. The number of benzene rings is 1. The summed E-state index contributed by atoms with van der Waals surface area (Å²) in [6, 6.07) is 3.95. The molecule has 116 valence electrons. The van der Waals surface area contributed by atoms with Crippen molar-refractivity contribution in [2.75, 3.05) is 40.3 Å². The second-order valence-electron chi connectivity index (χ2n) is 4.87. The van der Waals surface area contributed by atoms with Gasteiger partial charge in [-0.3, -0.25) is 0 Å². The van der Waals surface area contributed by atoms with E-state index < -0.39 is 16.0 Å². The van der Waals surface area contributed by atoms with Crippen LogP contribution in [0.5, 0.6) is 5.75 Å². The topological polar surface area (TPSA) is 87.1 Å². The van der Waals surface area contributed by atoms with Crippen molar-refractivity contribution in [2.24, 2.45) is 0 Å². The van der Waals surface area contributed by atoms with Crippen LogP contribution in [0.25, 0.3) is 0 Å². The van der Waals surface area contributed by atoms with Crippen LogP contribution in [-0.2, 0) is 10.0 Å². The average Bonchev–Trinajstić information content (AvgIpc) is 2.47. The summed E-state index contributed by atoms with van der Waals surface area (Å²) in [5.74, 6) is -0.960. The van der Waals surface area contributed by atoms with Crippen molar-refractivity contribution in [3.05, 3.63) is 23.8 Å². The van der Waals surface area contributed by atoms with Gasteiger partial charge in [0.25, 0.3) is 0 Å². The molecule has 2 rings (SSSR count). The molecule has 0 saturated carbocycles. The lowest BCUT2D eigenvalue weighted by molar-refractivity contribution is 0.0692. The van der Waals surface area contributed by atoms with Crippen molar-refractivity contribution < 1.29 is 23.1 Å². The highest BCUT2D eigenvalue weighted by Gasteiger charge is 2.31. The van der Waals surface area contributed by atoms with Crippen LogP contribution in [0.15, 0.2) is 23.1 Å². The van der Waals surface area contributed by atoms with Crippen LogP contribution < -0.4 is 4.74 Å². The van der Waals surface area contributed by atoms with Crippen LogP contribution in [0.4, 0.5) is 0 Å². The van der Waals surface area contributed by atoms with E-state index in [2.05, 4.69) is 0 Å². The SMILES string of the molecule is COc1ccc(C(=O)O)c(S(=O)(=O)N2CCN(C)CC2)c1. The Kier molecular flexibility index (Phi) is 4.50. The molecule has 1 aromatic rings. The first-order valence-corrected chi connectivity index (χ1v) is 7.90. The fourth-order valence-electron chi connectivity index (χ4n) is 2.19. The van der Waals surface area contributed by atoms with Gasteiger partial charge in [-0.05, 0) is 19.2 Å². The highest BCUT2D eigenvalue weighted by Crippen LogP contribution is 2.26. The predicted octanol–water partition coefficient (Wildman–Crippen LogP) is 0.330. The molecule has 1 aromatic carbocycles. The van der Waals surface area contributed by atoms with Crippen molar-refractivity contribution in [2.45, 2.75) is 4.90 Å². The Morgan fingerprint density at radius 3 is 2.38 bits per heavy atom. The first-order valence-electron chi connectivity index (χ1n) is 6.46. The summed E-state index contributed by atoms with van der Waals surface area (Å²) in [6.07, 6.45) is 0. The van der Waals surface area contributed by atoms with Gasteiger partial charge in [0.15, 0.2) is 0 Å². The standard InChI is InChI=1S/C13H18N2O5S/c1-14-5-7-15(8-6-14)21(18,19)12-9-10(20-2)3-4-11(12)13(16)17/h3-4,9H,5-8H2,1-2H3,(H,16,17). The maximum absolute atomic E-state index is 12.7. The number of aromatic carboxylic acids is 1. The Balaban J connectivity index is 2.45. The number of piperazine rings is 1. The van der Waals surface area contributed by atoms with Crippen LogP contribution in [-0.4, -0.2) is 69.0 Å². The normalized spacial score (nSPS) is 17.6. The molecule has 1 aliphatic rings. The monoisotopic (exact) mass is 314 g/mol.